The molecule has 0 spiro atoms. The predicted octanol–water partition coefficient (Wildman–Crippen LogP) is 3.45. The highest BCUT2D eigenvalue weighted by Crippen LogP contribution is 2.30. The summed E-state index contributed by atoms with van der Waals surface area (Å²) in [5, 5.41) is 13.9. The fourth-order valence-electron chi connectivity index (χ4n) is 1.60. The largest absolute Gasteiger partial charge is 0.364 e. The van der Waals surface area contributed by atoms with E-state index in [1.54, 1.807) is 0 Å². The summed E-state index contributed by atoms with van der Waals surface area (Å²) in [5.41, 5.74) is -0.245. The Morgan fingerprint density at radius 1 is 1.42 bits per heavy atom. The molecule has 19 heavy (non-hydrogen) atoms. The minimum atomic E-state index is -0.546. The van der Waals surface area contributed by atoms with Crippen LogP contribution in [-0.4, -0.2) is 21.4 Å². The molecule has 6 nitrogen and oxygen atoms in total. The number of halogens is 1. The SMILES string of the molecule is CCCCNc1nc(CC(C)C)nc(Cl)c1[N+](=O)[O-]. The van der Waals surface area contributed by atoms with E-state index in [1.807, 2.05) is 20.8 Å². The number of rotatable bonds is 7. The van der Waals surface area contributed by atoms with Crippen LogP contribution < -0.4 is 5.32 Å². The predicted molar refractivity (Wildman–Crippen MR) is 75.6 cm³/mol. The van der Waals surface area contributed by atoms with Gasteiger partial charge >= 0.3 is 5.69 Å². The molecule has 1 heterocycles. The highest BCUT2D eigenvalue weighted by molar-refractivity contribution is 6.31. The lowest BCUT2D eigenvalue weighted by atomic mass is 10.1. The normalized spacial score (nSPS) is 10.8. The van der Waals surface area contributed by atoms with Gasteiger partial charge in [-0.05, 0) is 12.3 Å². The van der Waals surface area contributed by atoms with Gasteiger partial charge in [0.15, 0.2) is 0 Å². The zero-order valence-electron chi connectivity index (χ0n) is 11.4. The third kappa shape index (κ3) is 4.63. The van der Waals surface area contributed by atoms with E-state index in [0.717, 1.165) is 12.8 Å². The van der Waals surface area contributed by atoms with E-state index < -0.39 is 4.92 Å². The van der Waals surface area contributed by atoms with Gasteiger partial charge in [0.25, 0.3) is 0 Å². The van der Waals surface area contributed by atoms with Crippen LogP contribution in [0.25, 0.3) is 0 Å². The zero-order valence-corrected chi connectivity index (χ0v) is 12.2. The first-order valence-corrected chi connectivity index (χ1v) is 6.78. The highest BCUT2D eigenvalue weighted by atomic mass is 35.5. The number of aromatic nitrogens is 2. The van der Waals surface area contributed by atoms with Gasteiger partial charge in [0.05, 0.1) is 4.92 Å². The fourth-order valence-corrected chi connectivity index (χ4v) is 1.85. The van der Waals surface area contributed by atoms with Gasteiger partial charge < -0.3 is 5.32 Å². The molecule has 0 aliphatic carbocycles. The number of nitrogens with zero attached hydrogens (tertiary/aromatic N) is 3. The van der Waals surface area contributed by atoms with Crippen molar-refractivity contribution in [3.05, 3.63) is 21.1 Å². The van der Waals surface area contributed by atoms with Gasteiger partial charge in [-0.15, -0.1) is 0 Å². The van der Waals surface area contributed by atoms with Crippen LogP contribution in [0.4, 0.5) is 11.5 Å². The van der Waals surface area contributed by atoms with Gasteiger partial charge in [0.1, 0.15) is 5.82 Å². The van der Waals surface area contributed by atoms with E-state index in [4.69, 9.17) is 11.6 Å². The van der Waals surface area contributed by atoms with Crippen LogP contribution >= 0.6 is 11.6 Å². The van der Waals surface area contributed by atoms with Gasteiger partial charge in [0.2, 0.25) is 11.0 Å². The second-order valence-corrected chi connectivity index (χ2v) is 5.12. The molecule has 0 unspecified atom stereocenters. The summed E-state index contributed by atoms with van der Waals surface area (Å²) in [5.74, 6) is 1.11. The lowest BCUT2D eigenvalue weighted by Gasteiger charge is -2.09. The van der Waals surface area contributed by atoms with E-state index in [2.05, 4.69) is 15.3 Å². The van der Waals surface area contributed by atoms with Crippen molar-refractivity contribution >= 4 is 23.1 Å². The summed E-state index contributed by atoms with van der Waals surface area (Å²) in [6, 6.07) is 0. The summed E-state index contributed by atoms with van der Waals surface area (Å²) in [4.78, 5) is 18.7. The number of unbranched alkanes of at least 4 members (excludes halogenated alkanes) is 1. The Morgan fingerprint density at radius 3 is 2.63 bits per heavy atom. The van der Waals surface area contributed by atoms with Gasteiger partial charge in [-0.3, -0.25) is 10.1 Å². The molecule has 0 atom stereocenters. The molecular formula is C12H19ClN4O2. The van der Waals surface area contributed by atoms with E-state index in [1.165, 1.54) is 0 Å². The molecule has 0 radical (unpaired) electrons. The summed E-state index contributed by atoms with van der Waals surface area (Å²) in [7, 11) is 0. The highest BCUT2D eigenvalue weighted by Gasteiger charge is 2.23. The Labute approximate surface area is 117 Å². The van der Waals surface area contributed by atoms with Gasteiger partial charge in [-0.25, -0.2) is 9.97 Å². The van der Waals surface area contributed by atoms with Crippen LogP contribution in [0.5, 0.6) is 0 Å². The zero-order chi connectivity index (χ0) is 14.4. The second-order valence-electron chi connectivity index (χ2n) is 4.76. The maximum absolute atomic E-state index is 11.0. The Balaban J connectivity index is 3.06. The monoisotopic (exact) mass is 286 g/mol. The molecule has 0 saturated carbocycles. The Hall–Kier alpha value is -1.43. The number of hydrogen-bond donors (Lipinski definition) is 1. The van der Waals surface area contributed by atoms with Gasteiger partial charge in [-0.2, -0.15) is 0 Å². The Kier molecular flexibility index (Phi) is 5.95. The number of anilines is 1. The number of hydrogen-bond acceptors (Lipinski definition) is 5. The molecule has 0 saturated heterocycles. The first-order chi connectivity index (χ1) is 8.95. The molecule has 0 aliphatic heterocycles. The molecule has 1 aromatic rings. The average Bonchev–Trinajstić information content (AvgIpc) is 2.27. The van der Waals surface area contributed by atoms with Crippen molar-refractivity contribution in [1.82, 2.24) is 9.97 Å². The Morgan fingerprint density at radius 2 is 2.11 bits per heavy atom. The average molecular weight is 287 g/mol. The first-order valence-electron chi connectivity index (χ1n) is 6.40. The van der Waals surface area contributed by atoms with E-state index >= 15 is 0 Å². The van der Waals surface area contributed by atoms with Crippen molar-refractivity contribution in [2.45, 2.75) is 40.0 Å². The third-order valence-electron chi connectivity index (χ3n) is 2.48. The molecule has 106 valence electrons. The molecule has 1 aromatic heterocycles. The second kappa shape index (κ2) is 7.23. The van der Waals surface area contributed by atoms with E-state index in [-0.39, 0.29) is 16.7 Å². The Bertz CT molecular complexity index is 452. The summed E-state index contributed by atoms with van der Waals surface area (Å²) < 4.78 is 0. The minimum absolute atomic E-state index is 0.102. The smallest absolute Gasteiger partial charge is 0.348 e. The minimum Gasteiger partial charge on any atom is -0.364 e. The van der Waals surface area contributed by atoms with Gasteiger partial charge in [0, 0.05) is 13.0 Å². The van der Waals surface area contributed by atoms with E-state index in [9.17, 15) is 10.1 Å². The van der Waals surface area contributed by atoms with Crippen LogP contribution in [0.15, 0.2) is 0 Å². The van der Waals surface area contributed by atoms with Crippen LogP contribution in [0, 0.1) is 16.0 Å². The maximum Gasteiger partial charge on any atom is 0.348 e. The van der Waals surface area contributed by atoms with Crippen LogP contribution in [-0.2, 0) is 6.42 Å². The molecule has 0 bridgehead atoms. The van der Waals surface area contributed by atoms with Crippen molar-refractivity contribution in [3.63, 3.8) is 0 Å². The van der Waals surface area contributed by atoms with Crippen molar-refractivity contribution in [1.29, 1.82) is 0 Å². The number of nitrogens with one attached hydrogen (secondary N) is 1. The molecule has 1 rings (SSSR count). The molecule has 0 amide bonds. The van der Waals surface area contributed by atoms with Crippen molar-refractivity contribution in [2.24, 2.45) is 5.92 Å². The molecule has 0 aromatic carbocycles. The fraction of sp³-hybridized carbons (Fsp3) is 0.667. The summed E-state index contributed by atoms with van der Waals surface area (Å²) in [6.45, 7) is 6.74. The number of nitro groups is 1. The first kappa shape index (κ1) is 15.6. The lowest BCUT2D eigenvalue weighted by molar-refractivity contribution is -0.384. The van der Waals surface area contributed by atoms with Crippen LogP contribution in [0.1, 0.15) is 39.4 Å². The van der Waals surface area contributed by atoms with E-state index in [0.29, 0.717) is 24.7 Å². The molecule has 0 aliphatic rings. The standard InChI is InChI=1S/C12H19ClN4O2/c1-4-5-6-14-12-10(17(18)19)11(13)15-9(16-12)7-8(2)3/h8H,4-7H2,1-3H3,(H,14,15,16). The lowest BCUT2D eigenvalue weighted by Crippen LogP contribution is -2.11. The van der Waals surface area contributed by atoms with Crippen molar-refractivity contribution < 1.29 is 4.92 Å². The van der Waals surface area contributed by atoms with Crippen LogP contribution in [0.3, 0.4) is 0 Å². The topological polar surface area (TPSA) is 81.0 Å². The van der Waals surface area contributed by atoms with Gasteiger partial charge in [-0.1, -0.05) is 38.8 Å². The van der Waals surface area contributed by atoms with Crippen molar-refractivity contribution in [2.75, 3.05) is 11.9 Å². The molecule has 0 fully saturated rings. The van der Waals surface area contributed by atoms with Crippen molar-refractivity contribution in [3.8, 4) is 0 Å². The molecule has 7 heteroatoms. The molecular weight excluding hydrogens is 268 g/mol. The third-order valence-corrected chi connectivity index (χ3v) is 2.75. The maximum atomic E-state index is 11.0. The van der Waals surface area contributed by atoms with Crippen LogP contribution in [0.2, 0.25) is 5.15 Å². The summed E-state index contributed by atoms with van der Waals surface area (Å²) in [6.07, 6.45) is 2.55. The quantitative estimate of drug-likeness (QED) is 0.359. The summed E-state index contributed by atoms with van der Waals surface area (Å²) >= 11 is 5.89. The molecule has 1 N–H and O–H groups in total.